The molecule has 11 aromatic rings. The molecule has 0 N–H and O–H groups in total. The number of rotatable bonds is 4. The van der Waals surface area contributed by atoms with E-state index in [-0.39, 0.29) is 33.6 Å². The van der Waals surface area contributed by atoms with Crippen LogP contribution in [0.15, 0.2) is 224 Å². The van der Waals surface area contributed by atoms with E-state index in [1.807, 2.05) is 0 Å². The zero-order chi connectivity index (χ0) is 50.1. The van der Waals surface area contributed by atoms with E-state index in [2.05, 4.69) is 258 Å². The predicted molar refractivity (Wildman–Crippen MR) is 331 cm³/mol. The fourth-order valence-electron chi connectivity index (χ4n) is 16.6. The predicted octanol–water partition coefficient (Wildman–Crippen LogP) is 5.27. The van der Waals surface area contributed by atoms with Crippen LogP contribution in [0.5, 0.6) is 0 Å². The minimum Gasteiger partial charge on any atom is -0.313 e. The van der Waals surface area contributed by atoms with Gasteiger partial charge in [-0.3, -0.25) is 0 Å². The van der Waals surface area contributed by atoms with Gasteiger partial charge in [-0.1, -0.05) is 198 Å². The van der Waals surface area contributed by atoms with E-state index in [1.165, 1.54) is 161 Å². The quantitative estimate of drug-likeness (QED) is 0.223. The lowest BCUT2D eigenvalue weighted by Gasteiger charge is -2.56. The van der Waals surface area contributed by atoms with Gasteiger partial charge in [0.15, 0.2) is 0 Å². The van der Waals surface area contributed by atoms with Gasteiger partial charge in [-0.05, 0) is 133 Å². The molecule has 0 saturated heterocycles. The number of aryl methyl sites for hydroxylation is 2. The fourth-order valence-corrected chi connectivity index (χ4v) is 16.6. The maximum atomic E-state index is 2.82. The van der Waals surface area contributed by atoms with Gasteiger partial charge >= 0.3 is 0 Å². The van der Waals surface area contributed by atoms with Crippen molar-refractivity contribution in [3.63, 3.8) is 0 Å². The number of hydrogen-bond acceptors (Lipinski definition) is 4. The van der Waals surface area contributed by atoms with E-state index in [0.29, 0.717) is 0 Å². The summed E-state index contributed by atoms with van der Waals surface area (Å²) in [6.07, 6.45) is 0. The largest absolute Gasteiger partial charge is 0.313 e. The van der Waals surface area contributed by atoms with Crippen LogP contribution in [0.4, 0.5) is 68.2 Å². The molecule has 350 valence electrons. The van der Waals surface area contributed by atoms with Crippen LogP contribution in [0.3, 0.4) is 0 Å². The van der Waals surface area contributed by atoms with Crippen molar-refractivity contribution < 1.29 is 0 Å². The molecule has 0 unspecified atom stereocenters. The molecule has 0 spiro atoms. The maximum Gasteiger partial charge on any atom is 0.252 e. The van der Waals surface area contributed by atoms with Crippen LogP contribution in [-0.4, -0.2) is 33.6 Å². The van der Waals surface area contributed by atoms with Crippen molar-refractivity contribution in [1.29, 1.82) is 0 Å². The highest BCUT2D eigenvalue weighted by molar-refractivity contribution is 7.11. The lowest BCUT2D eigenvalue weighted by molar-refractivity contribution is 1.24. The van der Waals surface area contributed by atoms with Crippen molar-refractivity contribution in [2.45, 2.75) is 13.8 Å². The standard InChI is InChI=1S/C68H43B5N4/c1-40-19-16-20-41(2)59(40)72-48-30-18-32-50-64(48)77-66-52(72)36-38-58-61(66)71(46-28-13-15-34-56(46)75(58)44-25-10-5-11-26-44)54-39-53-67-62(68(54)77)73(50)49-31-17-29-47-63(49)76(67)65-51(69(47)42-21-6-3-7-22-42)35-37-57-60(65)70(53)45-27-12-14-33-55(45)74(57)43-23-8-4-9-24-43/h3-39H,1-2H3. The average molecular weight is 970 g/mol. The zero-order valence-corrected chi connectivity index (χ0v) is 42.5. The topological polar surface area (TPSA) is 13.0 Å². The molecular formula is C68H43B5N4. The summed E-state index contributed by atoms with van der Waals surface area (Å²) >= 11 is 0. The molecule has 0 bridgehead atoms. The molecule has 0 aliphatic carbocycles. The van der Waals surface area contributed by atoms with Crippen LogP contribution in [-0.2, 0) is 0 Å². The van der Waals surface area contributed by atoms with Gasteiger partial charge in [0, 0.05) is 68.2 Å². The Balaban J connectivity index is 1.00. The van der Waals surface area contributed by atoms with Crippen molar-refractivity contribution in [3.8, 4) is 0 Å². The number of para-hydroxylation sites is 6. The first-order valence-electron chi connectivity index (χ1n) is 27.5. The van der Waals surface area contributed by atoms with Gasteiger partial charge in [-0.15, -0.1) is 0 Å². The highest BCUT2D eigenvalue weighted by Gasteiger charge is 2.59. The molecule has 9 heteroatoms. The maximum absolute atomic E-state index is 2.82. The molecule has 0 radical (unpaired) electrons. The third-order valence-electron chi connectivity index (χ3n) is 19.2. The summed E-state index contributed by atoms with van der Waals surface area (Å²) in [5, 5.41) is 0. The average Bonchev–Trinajstić information content (AvgIpc) is 3.47. The van der Waals surface area contributed by atoms with Crippen LogP contribution in [0.2, 0.25) is 0 Å². The van der Waals surface area contributed by atoms with Gasteiger partial charge < -0.3 is 19.6 Å². The minimum atomic E-state index is -0.0293. The van der Waals surface area contributed by atoms with Crippen LogP contribution in [0, 0.1) is 13.8 Å². The first kappa shape index (κ1) is 41.2. The normalized spacial score (nSPS) is 14.9. The summed E-state index contributed by atoms with van der Waals surface area (Å²) in [4.78, 5) is 10.7. The van der Waals surface area contributed by atoms with E-state index in [4.69, 9.17) is 0 Å². The lowest BCUT2D eigenvalue weighted by atomic mass is 9.22. The molecule has 77 heavy (non-hydrogen) atoms. The van der Waals surface area contributed by atoms with Gasteiger partial charge in [0.05, 0.1) is 0 Å². The van der Waals surface area contributed by atoms with Crippen LogP contribution in [0.25, 0.3) is 0 Å². The summed E-state index contributed by atoms with van der Waals surface area (Å²) in [6, 6.07) is 86.5. The van der Waals surface area contributed by atoms with Crippen molar-refractivity contribution in [2.24, 2.45) is 0 Å². The molecule has 0 aromatic heterocycles. The molecule has 8 aliphatic rings. The van der Waals surface area contributed by atoms with E-state index >= 15 is 0 Å². The number of nitrogens with zero attached hydrogens (tertiary/aromatic N) is 4. The van der Waals surface area contributed by atoms with E-state index in [0.717, 1.165) is 0 Å². The molecule has 0 saturated carbocycles. The smallest absolute Gasteiger partial charge is 0.252 e. The fraction of sp³-hybridized carbons (Fsp3) is 0.0294. The van der Waals surface area contributed by atoms with Crippen molar-refractivity contribution in [1.82, 2.24) is 0 Å². The summed E-state index contributed by atoms with van der Waals surface area (Å²) < 4.78 is 0. The third kappa shape index (κ3) is 4.86. The molecule has 8 aliphatic heterocycles. The van der Waals surface area contributed by atoms with Crippen molar-refractivity contribution in [3.05, 3.63) is 236 Å². The number of benzene rings is 11. The SMILES string of the molecule is Cc1cccc(C)c1B1c2cccc3c2N2c4c1ccc1c4B(c4ccccc4N1c1ccccc1)c1cc4c5c(c12)B3c1cccc2c1N5c1c(ccc3c1B4c1ccccc1N3c1ccccc1)B2c1ccccc1. The molecule has 0 amide bonds. The number of fused-ring (bicyclic) bond motifs is 8. The van der Waals surface area contributed by atoms with E-state index in [1.54, 1.807) is 0 Å². The molecule has 4 nitrogen and oxygen atoms in total. The van der Waals surface area contributed by atoms with Gasteiger partial charge in [-0.2, -0.15) is 0 Å². The summed E-state index contributed by atoms with van der Waals surface area (Å²) in [6.45, 7) is 4.68. The Labute approximate surface area is 450 Å². The summed E-state index contributed by atoms with van der Waals surface area (Å²) in [5.41, 5.74) is 39.1. The highest BCUT2D eigenvalue weighted by atomic mass is 15.2. The number of anilines is 12. The summed E-state index contributed by atoms with van der Waals surface area (Å²) in [7, 11) is 0. The second-order valence-electron chi connectivity index (χ2n) is 22.6. The van der Waals surface area contributed by atoms with Crippen molar-refractivity contribution in [2.75, 3.05) is 19.6 Å². The van der Waals surface area contributed by atoms with E-state index in [9.17, 15) is 0 Å². The van der Waals surface area contributed by atoms with Gasteiger partial charge in [0.25, 0.3) is 20.1 Å². The van der Waals surface area contributed by atoms with E-state index < -0.39 is 0 Å². The first-order valence-corrected chi connectivity index (χ1v) is 27.5. The Morgan fingerprint density at radius 3 is 1.10 bits per heavy atom. The Kier molecular flexibility index (Phi) is 7.74. The zero-order valence-electron chi connectivity index (χ0n) is 42.5. The Bertz CT molecular complexity index is 4490. The molecule has 19 rings (SSSR count). The Morgan fingerprint density at radius 1 is 0.234 bits per heavy atom. The second kappa shape index (κ2) is 14.4. The van der Waals surface area contributed by atoms with Crippen LogP contribution < -0.4 is 102 Å². The molecule has 0 fully saturated rings. The molecule has 0 atom stereocenters. The molecular weight excluding hydrogens is 927 g/mol. The number of hydrogen-bond donors (Lipinski definition) is 0. The summed E-state index contributed by atoms with van der Waals surface area (Å²) in [5.74, 6) is 0. The Morgan fingerprint density at radius 2 is 0.597 bits per heavy atom. The van der Waals surface area contributed by atoms with Gasteiger partial charge in [-0.25, -0.2) is 0 Å². The van der Waals surface area contributed by atoms with Crippen molar-refractivity contribution >= 4 is 184 Å². The highest BCUT2D eigenvalue weighted by Crippen LogP contribution is 2.50. The minimum absolute atomic E-state index is 0.0111. The first-order chi connectivity index (χ1) is 38.1. The van der Waals surface area contributed by atoms with Gasteiger partial charge in [0.1, 0.15) is 0 Å². The van der Waals surface area contributed by atoms with Crippen LogP contribution >= 0.6 is 0 Å². The second-order valence-corrected chi connectivity index (χ2v) is 22.6. The van der Waals surface area contributed by atoms with Crippen LogP contribution in [0.1, 0.15) is 11.1 Å². The third-order valence-corrected chi connectivity index (χ3v) is 19.2. The monoisotopic (exact) mass is 970 g/mol. The lowest BCUT2D eigenvalue weighted by Crippen LogP contribution is -2.77. The van der Waals surface area contributed by atoms with Gasteiger partial charge in [0.2, 0.25) is 13.4 Å². The molecule has 11 aromatic carbocycles. The Hall–Kier alpha value is -9.06. The molecule has 8 heterocycles.